The first-order valence-electron chi connectivity index (χ1n) is 8.49. The maximum absolute atomic E-state index is 14.1. The number of rotatable bonds is 6. The molecule has 0 amide bonds. The van der Waals surface area contributed by atoms with E-state index in [4.69, 9.17) is 5.11 Å². The summed E-state index contributed by atoms with van der Waals surface area (Å²) in [5, 5.41) is 9.12. The number of hydrogen-bond acceptors (Lipinski definition) is 2. The molecule has 3 rings (SSSR count). The van der Waals surface area contributed by atoms with E-state index in [0.717, 1.165) is 44.7 Å². The number of aliphatic carboxylic acids is 1. The Labute approximate surface area is 155 Å². The van der Waals surface area contributed by atoms with Crippen LogP contribution >= 0.6 is 0 Å². The van der Waals surface area contributed by atoms with E-state index in [0.29, 0.717) is 12.8 Å². The van der Waals surface area contributed by atoms with Crippen LogP contribution in [-0.4, -0.2) is 21.5 Å². The van der Waals surface area contributed by atoms with E-state index >= 15 is 0 Å². The van der Waals surface area contributed by atoms with Gasteiger partial charge < -0.3 is 5.11 Å². The van der Waals surface area contributed by atoms with Crippen LogP contribution in [0.2, 0.25) is 0 Å². The number of carboxylic acid groups (broad SMARTS) is 1. The summed E-state index contributed by atoms with van der Waals surface area (Å²) >= 11 is 0. The Kier molecular flexibility index (Phi) is 5.37. The number of hydrogen-bond donors (Lipinski definition) is 1. The van der Waals surface area contributed by atoms with Crippen LogP contribution in [0.3, 0.4) is 0 Å². The molecular formula is C21H21FO3S. The fourth-order valence-electron chi connectivity index (χ4n) is 3.52. The molecule has 0 fully saturated rings. The monoisotopic (exact) mass is 372 g/mol. The predicted octanol–water partition coefficient (Wildman–Crippen LogP) is 4.15. The van der Waals surface area contributed by atoms with Gasteiger partial charge in [0.25, 0.3) is 0 Å². The third kappa shape index (κ3) is 3.93. The molecular weight excluding hydrogens is 351 g/mol. The molecule has 0 heterocycles. The lowest BCUT2D eigenvalue weighted by Gasteiger charge is -2.11. The SMILES string of the molecule is CC1=C(CC(=O)O)c2cc(F)cc(CCc3ccc(S(C)=O)cc3)c2C1. The first-order valence-corrected chi connectivity index (χ1v) is 10.1. The highest BCUT2D eigenvalue weighted by atomic mass is 32.2. The van der Waals surface area contributed by atoms with Crippen LogP contribution in [0, 0.1) is 5.82 Å². The Morgan fingerprint density at radius 3 is 2.50 bits per heavy atom. The van der Waals surface area contributed by atoms with E-state index < -0.39 is 16.8 Å². The molecule has 0 aromatic heterocycles. The van der Waals surface area contributed by atoms with Gasteiger partial charge in [0.15, 0.2) is 0 Å². The zero-order valence-corrected chi connectivity index (χ0v) is 15.7. The second kappa shape index (κ2) is 7.54. The van der Waals surface area contributed by atoms with Crippen LogP contribution < -0.4 is 0 Å². The lowest BCUT2D eigenvalue weighted by Crippen LogP contribution is -2.01. The molecule has 1 atom stereocenters. The first-order chi connectivity index (χ1) is 12.3. The Morgan fingerprint density at radius 2 is 1.88 bits per heavy atom. The van der Waals surface area contributed by atoms with Crippen LogP contribution in [0.1, 0.15) is 35.6 Å². The topological polar surface area (TPSA) is 54.4 Å². The van der Waals surface area contributed by atoms with Crippen molar-refractivity contribution in [3.05, 3.63) is 70.0 Å². The highest BCUT2D eigenvalue weighted by Crippen LogP contribution is 2.37. The summed E-state index contributed by atoms with van der Waals surface area (Å²) in [6.07, 6.45) is 3.69. The molecule has 0 saturated heterocycles. The van der Waals surface area contributed by atoms with E-state index in [-0.39, 0.29) is 12.2 Å². The van der Waals surface area contributed by atoms with Gasteiger partial charge in [0.2, 0.25) is 0 Å². The molecule has 1 unspecified atom stereocenters. The van der Waals surface area contributed by atoms with Crippen LogP contribution in [0.25, 0.3) is 5.57 Å². The second-order valence-corrected chi connectivity index (χ2v) is 8.07. The average molecular weight is 372 g/mol. The van der Waals surface area contributed by atoms with Crippen molar-refractivity contribution in [2.75, 3.05) is 6.26 Å². The van der Waals surface area contributed by atoms with E-state index in [2.05, 4.69) is 0 Å². The standard InChI is InChI=1S/C21H21FO3S/c1-13-9-19-15(6-3-14-4-7-17(8-5-14)26(2)25)10-16(22)11-20(19)18(13)12-21(23)24/h4-5,7-8,10-11H,3,6,9,12H2,1-2H3,(H,23,24). The zero-order chi connectivity index (χ0) is 18.8. The van der Waals surface area contributed by atoms with Crippen molar-refractivity contribution in [3.63, 3.8) is 0 Å². The summed E-state index contributed by atoms with van der Waals surface area (Å²) in [7, 11) is -0.996. The van der Waals surface area contributed by atoms with Crippen molar-refractivity contribution < 1.29 is 18.5 Å². The first kappa shape index (κ1) is 18.5. The van der Waals surface area contributed by atoms with Gasteiger partial charge in [0.1, 0.15) is 5.82 Å². The number of aryl methyl sites for hydroxylation is 2. The smallest absolute Gasteiger partial charge is 0.307 e. The maximum Gasteiger partial charge on any atom is 0.307 e. The van der Waals surface area contributed by atoms with Crippen LogP contribution in [0.4, 0.5) is 4.39 Å². The summed E-state index contributed by atoms with van der Waals surface area (Å²) < 4.78 is 25.6. The third-order valence-electron chi connectivity index (χ3n) is 4.86. The molecule has 1 aliphatic carbocycles. The third-order valence-corrected chi connectivity index (χ3v) is 5.79. The molecule has 0 spiro atoms. The molecule has 3 nitrogen and oxygen atoms in total. The van der Waals surface area contributed by atoms with E-state index in [1.54, 1.807) is 12.3 Å². The minimum Gasteiger partial charge on any atom is -0.481 e. The fraction of sp³-hybridized carbons (Fsp3) is 0.286. The van der Waals surface area contributed by atoms with Crippen molar-refractivity contribution in [2.45, 2.75) is 37.5 Å². The largest absolute Gasteiger partial charge is 0.481 e. The van der Waals surface area contributed by atoms with Crippen molar-refractivity contribution >= 4 is 22.3 Å². The Hall–Kier alpha value is -2.27. The summed E-state index contributed by atoms with van der Waals surface area (Å²) in [6.45, 7) is 1.92. The number of benzene rings is 2. The highest BCUT2D eigenvalue weighted by Gasteiger charge is 2.24. The highest BCUT2D eigenvalue weighted by molar-refractivity contribution is 7.84. The summed E-state index contributed by atoms with van der Waals surface area (Å²) in [6, 6.07) is 10.6. The van der Waals surface area contributed by atoms with Gasteiger partial charge in [-0.1, -0.05) is 17.7 Å². The molecule has 2 aromatic carbocycles. The number of carbonyl (C=O) groups is 1. The molecule has 2 aromatic rings. The lowest BCUT2D eigenvalue weighted by molar-refractivity contribution is -0.135. The molecule has 5 heteroatoms. The number of carboxylic acids is 1. The second-order valence-electron chi connectivity index (χ2n) is 6.70. The summed E-state index contributed by atoms with van der Waals surface area (Å²) in [5.74, 6) is -1.22. The van der Waals surface area contributed by atoms with Crippen molar-refractivity contribution in [3.8, 4) is 0 Å². The average Bonchev–Trinajstić information content (AvgIpc) is 2.88. The Balaban J connectivity index is 1.82. The molecule has 26 heavy (non-hydrogen) atoms. The normalized spacial score (nSPS) is 14.4. The fourth-order valence-corrected chi connectivity index (χ4v) is 4.04. The molecule has 1 aliphatic rings. The number of halogens is 1. The van der Waals surface area contributed by atoms with Crippen LogP contribution in [0.5, 0.6) is 0 Å². The van der Waals surface area contributed by atoms with Crippen molar-refractivity contribution in [2.24, 2.45) is 0 Å². The minimum atomic E-state index is -0.996. The number of fused-ring (bicyclic) bond motifs is 1. The quantitative estimate of drug-likeness (QED) is 0.829. The van der Waals surface area contributed by atoms with Crippen LogP contribution in [-0.2, 0) is 34.9 Å². The van der Waals surface area contributed by atoms with Gasteiger partial charge in [-0.15, -0.1) is 0 Å². The predicted molar refractivity (Wildman–Crippen MR) is 101 cm³/mol. The van der Waals surface area contributed by atoms with Crippen molar-refractivity contribution in [1.29, 1.82) is 0 Å². The molecule has 1 N–H and O–H groups in total. The van der Waals surface area contributed by atoms with Gasteiger partial charge in [-0.3, -0.25) is 9.00 Å². The summed E-state index contributed by atoms with van der Waals surface area (Å²) in [4.78, 5) is 11.9. The van der Waals surface area contributed by atoms with Gasteiger partial charge in [-0.2, -0.15) is 0 Å². The zero-order valence-electron chi connectivity index (χ0n) is 14.8. The van der Waals surface area contributed by atoms with Crippen LogP contribution in [0.15, 0.2) is 46.9 Å². The summed E-state index contributed by atoms with van der Waals surface area (Å²) in [5.41, 5.74) is 5.57. The van der Waals surface area contributed by atoms with E-state index in [9.17, 15) is 13.4 Å². The molecule has 0 aliphatic heterocycles. The van der Waals surface area contributed by atoms with Gasteiger partial charge in [0.05, 0.1) is 6.42 Å². The lowest BCUT2D eigenvalue weighted by atomic mass is 9.94. The minimum absolute atomic E-state index is 0.0721. The van der Waals surface area contributed by atoms with Crippen molar-refractivity contribution in [1.82, 2.24) is 0 Å². The van der Waals surface area contributed by atoms with Gasteiger partial charge in [0, 0.05) is 22.0 Å². The molecule has 0 bridgehead atoms. The Bertz CT molecular complexity index is 914. The maximum atomic E-state index is 14.1. The van der Waals surface area contributed by atoms with E-state index in [1.165, 1.54) is 6.07 Å². The van der Waals surface area contributed by atoms with Gasteiger partial charge in [-0.05, 0) is 78.3 Å². The van der Waals surface area contributed by atoms with E-state index in [1.807, 2.05) is 31.2 Å². The molecule has 0 saturated carbocycles. The molecule has 136 valence electrons. The van der Waals surface area contributed by atoms with Gasteiger partial charge in [-0.25, -0.2) is 4.39 Å². The Morgan fingerprint density at radius 1 is 1.19 bits per heavy atom. The molecule has 0 radical (unpaired) electrons. The number of allylic oxidation sites excluding steroid dienone is 1. The van der Waals surface area contributed by atoms with Gasteiger partial charge >= 0.3 is 5.97 Å².